The molecule has 0 amide bonds. The van der Waals surface area contributed by atoms with Crippen LogP contribution in [0.25, 0.3) is 0 Å². The van der Waals surface area contributed by atoms with E-state index >= 15 is 0 Å². The van der Waals surface area contributed by atoms with E-state index in [1.807, 2.05) is 32.0 Å². The van der Waals surface area contributed by atoms with Gasteiger partial charge in [0.15, 0.2) is 0 Å². The van der Waals surface area contributed by atoms with Crippen LogP contribution in [0.5, 0.6) is 5.75 Å². The average Bonchev–Trinajstić information content (AvgIpc) is 2.21. The van der Waals surface area contributed by atoms with Gasteiger partial charge in [-0.15, -0.1) is 0 Å². The van der Waals surface area contributed by atoms with Crippen LogP contribution in [0, 0.1) is 0 Å². The molecule has 0 bridgehead atoms. The van der Waals surface area contributed by atoms with Gasteiger partial charge in [-0.05, 0) is 38.0 Å². The first-order valence-electron chi connectivity index (χ1n) is 5.16. The van der Waals surface area contributed by atoms with Crippen molar-refractivity contribution in [3.05, 3.63) is 28.8 Å². The highest BCUT2D eigenvalue weighted by atomic mass is 35.5. The van der Waals surface area contributed by atoms with E-state index in [1.54, 1.807) is 0 Å². The molecule has 1 rings (SSSR count). The summed E-state index contributed by atoms with van der Waals surface area (Å²) in [5.41, 5.74) is 6.35. The van der Waals surface area contributed by atoms with Gasteiger partial charge in [-0.3, -0.25) is 0 Å². The molecule has 3 heteroatoms. The van der Waals surface area contributed by atoms with Crippen LogP contribution >= 0.6 is 11.6 Å². The van der Waals surface area contributed by atoms with Crippen molar-refractivity contribution in [3.63, 3.8) is 0 Å². The molecule has 1 aromatic rings. The summed E-state index contributed by atoms with van der Waals surface area (Å²) in [7, 11) is 0. The second kappa shape index (κ2) is 4.86. The van der Waals surface area contributed by atoms with E-state index < -0.39 is 0 Å². The topological polar surface area (TPSA) is 35.2 Å². The molecular weight excluding hydrogens is 210 g/mol. The van der Waals surface area contributed by atoms with Gasteiger partial charge in [-0.25, -0.2) is 0 Å². The van der Waals surface area contributed by atoms with Gasteiger partial charge in [0, 0.05) is 6.54 Å². The maximum absolute atomic E-state index is 6.09. The van der Waals surface area contributed by atoms with Gasteiger partial charge >= 0.3 is 0 Å². The van der Waals surface area contributed by atoms with Crippen molar-refractivity contribution in [2.24, 2.45) is 5.73 Å². The van der Waals surface area contributed by atoms with Crippen LogP contribution in [0.2, 0.25) is 5.02 Å². The molecule has 0 aromatic heterocycles. The Morgan fingerprint density at radius 3 is 2.53 bits per heavy atom. The molecule has 0 atom stereocenters. The van der Waals surface area contributed by atoms with Crippen LogP contribution in [0.1, 0.15) is 32.8 Å². The lowest BCUT2D eigenvalue weighted by atomic mass is 10.1. The Hall–Kier alpha value is -0.730. The van der Waals surface area contributed by atoms with Gasteiger partial charge in [0.2, 0.25) is 0 Å². The average molecular weight is 228 g/mol. The summed E-state index contributed by atoms with van der Waals surface area (Å²) < 4.78 is 5.81. The van der Waals surface area contributed by atoms with E-state index in [2.05, 4.69) is 6.92 Å². The molecule has 0 heterocycles. The normalized spacial score (nSPS) is 11.5. The molecule has 0 saturated carbocycles. The fourth-order valence-electron chi connectivity index (χ4n) is 1.12. The van der Waals surface area contributed by atoms with E-state index in [0.29, 0.717) is 11.6 Å². The Bertz CT molecular complexity index is 336. The van der Waals surface area contributed by atoms with Crippen molar-refractivity contribution < 1.29 is 4.74 Å². The van der Waals surface area contributed by atoms with Crippen molar-refractivity contribution in [2.75, 3.05) is 0 Å². The molecule has 84 valence electrons. The maximum Gasteiger partial charge on any atom is 0.138 e. The number of hydrogen-bond donors (Lipinski definition) is 1. The third-order valence-electron chi connectivity index (χ3n) is 2.47. The first-order chi connectivity index (χ1) is 6.98. The monoisotopic (exact) mass is 227 g/mol. The van der Waals surface area contributed by atoms with Gasteiger partial charge in [-0.2, -0.15) is 0 Å². The van der Waals surface area contributed by atoms with Gasteiger partial charge in [0.1, 0.15) is 11.4 Å². The van der Waals surface area contributed by atoms with Crippen molar-refractivity contribution in [3.8, 4) is 5.75 Å². The zero-order chi connectivity index (χ0) is 11.5. The minimum atomic E-state index is -0.187. The summed E-state index contributed by atoms with van der Waals surface area (Å²) >= 11 is 6.09. The van der Waals surface area contributed by atoms with Crippen LogP contribution in [-0.4, -0.2) is 5.60 Å². The Morgan fingerprint density at radius 1 is 1.40 bits per heavy atom. The van der Waals surface area contributed by atoms with E-state index in [1.165, 1.54) is 0 Å². The molecule has 2 nitrogen and oxygen atoms in total. The second-order valence-electron chi connectivity index (χ2n) is 4.18. The second-order valence-corrected chi connectivity index (χ2v) is 4.59. The standard InChI is InChI=1S/C12H18ClNO/c1-4-12(2,3)15-11-6-5-9(8-14)7-10(11)13/h5-7H,4,8,14H2,1-3H3. The number of rotatable bonds is 4. The number of hydrogen-bond acceptors (Lipinski definition) is 2. The molecule has 0 aliphatic rings. The first-order valence-corrected chi connectivity index (χ1v) is 5.54. The molecule has 0 aliphatic heterocycles. The zero-order valence-electron chi connectivity index (χ0n) is 9.51. The van der Waals surface area contributed by atoms with Crippen LogP contribution in [-0.2, 0) is 6.54 Å². The lowest BCUT2D eigenvalue weighted by Crippen LogP contribution is -2.26. The maximum atomic E-state index is 6.09. The third kappa shape index (κ3) is 3.40. The highest BCUT2D eigenvalue weighted by Gasteiger charge is 2.18. The van der Waals surface area contributed by atoms with E-state index in [0.717, 1.165) is 17.7 Å². The van der Waals surface area contributed by atoms with Crippen LogP contribution < -0.4 is 10.5 Å². The molecule has 0 radical (unpaired) electrons. The molecule has 0 aliphatic carbocycles. The van der Waals surface area contributed by atoms with Crippen molar-refractivity contribution in [2.45, 2.75) is 39.3 Å². The highest BCUT2D eigenvalue weighted by Crippen LogP contribution is 2.29. The Morgan fingerprint density at radius 2 is 2.07 bits per heavy atom. The van der Waals surface area contributed by atoms with Crippen LogP contribution in [0.3, 0.4) is 0 Å². The van der Waals surface area contributed by atoms with Crippen LogP contribution in [0.15, 0.2) is 18.2 Å². The van der Waals surface area contributed by atoms with E-state index in [-0.39, 0.29) is 5.60 Å². The Labute approximate surface area is 96.4 Å². The first kappa shape index (κ1) is 12.3. The summed E-state index contributed by atoms with van der Waals surface area (Å²) in [4.78, 5) is 0. The Balaban J connectivity index is 2.87. The number of benzene rings is 1. The summed E-state index contributed by atoms with van der Waals surface area (Å²) in [5, 5.41) is 0.625. The lowest BCUT2D eigenvalue weighted by Gasteiger charge is -2.25. The SMILES string of the molecule is CCC(C)(C)Oc1ccc(CN)cc1Cl. The number of halogens is 1. The molecule has 15 heavy (non-hydrogen) atoms. The lowest BCUT2D eigenvalue weighted by molar-refractivity contribution is 0.105. The largest absolute Gasteiger partial charge is 0.486 e. The zero-order valence-corrected chi connectivity index (χ0v) is 10.3. The molecule has 0 saturated heterocycles. The molecule has 2 N–H and O–H groups in total. The molecule has 0 spiro atoms. The van der Waals surface area contributed by atoms with Gasteiger partial charge in [-0.1, -0.05) is 24.6 Å². The van der Waals surface area contributed by atoms with Crippen molar-refractivity contribution in [1.29, 1.82) is 0 Å². The van der Waals surface area contributed by atoms with E-state index in [4.69, 9.17) is 22.1 Å². The minimum Gasteiger partial charge on any atom is -0.486 e. The molecule has 0 fully saturated rings. The summed E-state index contributed by atoms with van der Waals surface area (Å²) in [6.45, 7) is 6.67. The smallest absolute Gasteiger partial charge is 0.138 e. The molecule has 1 aromatic carbocycles. The van der Waals surface area contributed by atoms with Gasteiger partial charge < -0.3 is 10.5 Å². The summed E-state index contributed by atoms with van der Waals surface area (Å²) in [6.07, 6.45) is 0.933. The third-order valence-corrected chi connectivity index (χ3v) is 2.77. The van der Waals surface area contributed by atoms with Crippen molar-refractivity contribution >= 4 is 11.6 Å². The summed E-state index contributed by atoms with van der Waals surface area (Å²) in [6, 6.07) is 5.66. The summed E-state index contributed by atoms with van der Waals surface area (Å²) in [5.74, 6) is 0.723. The quantitative estimate of drug-likeness (QED) is 0.856. The number of ether oxygens (including phenoxy) is 1. The van der Waals surface area contributed by atoms with Crippen molar-refractivity contribution in [1.82, 2.24) is 0 Å². The predicted octanol–water partition coefficient (Wildman–Crippen LogP) is 3.37. The Kier molecular flexibility index (Phi) is 4.00. The molecule has 0 unspecified atom stereocenters. The van der Waals surface area contributed by atoms with Gasteiger partial charge in [0.25, 0.3) is 0 Å². The molecular formula is C12H18ClNO. The van der Waals surface area contributed by atoms with Crippen LogP contribution in [0.4, 0.5) is 0 Å². The fourth-order valence-corrected chi connectivity index (χ4v) is 1.37. The van der Waals surface area contributed by atoms with E-state index in [9.17, 15) is 0 Å². The fraction of sp³-hybridized carbons (Fsp3) is 0.500. The minimum absolute atomic E-state index is 0.187. The highest BCUT2D eigenvalue weighted by molar-refractivity contribution is 6.32. The number of nitrogens with two attached hydrogens (primary N) is 1. The van der Waals surface area contributed by atoms with Gasteiger partial charge in [0.05, 0.1) is 5.02 Å². The predicted molar refractivity (Wildman–Crippen MR) is 64.3 cm³/mol.